The van der Waals surface area contributed by atoms with E-state index in [4.69, 9.17) is 0 Å². The zero-order valence-corrected chi connectivity index (χ0v) is 10.6. The molecule has 1 N–H and O–H groups in total. The van der Waals surface area contributed by atoms with Gasteiger partial charge in [-0.3, -0.25) is 9.67 Å². The largest absolute Gasteiger partial charge is 0.383 e. The van der Waals surface area contributed by atoms with Crippen LogP contribution < -0.4 is 0 Å². The van der Waals surface area contributed by atoms with Crippen molar-refractivity contribution in [2.24, 2.45) is 7.05 Å². The monoisotopic (exact) mass is 231 g/mol. The second-order valence-electron chi connectivity index (χ2n) is 4.34. The predicted octanol–water partition coefficient (Wildman–Crippen LogP) is 1.82. The molecule has 0 saturated heterocycles. The summed E-state index contributed by atoms with van der Waals surface area (Å²) < 4.78 is 1.79. The Bertz CT molecular complexity index is 528. The fourth-order valence-electron chi connectivity index (χ4n) is 1.99. The van der Waals surface area contributed by atoms with Crippen molar-refractivity contribution in [1.82, 2.24) is 14.8 Å². The maximum absolute atomic E-state index is 10.4. The maximum atomic E-state index is 10.4. The summed E-state index contributed by atoms with van der Waals surface area (Å²) in [6, 6.07) is 3.80. The van der Waals surface area contributed by atoms with Crippen LogP contribution in [0.3, 0.4) is 0 Å². The molecule has 0 aliphatic carbocycles. The van der Waals surface area contributed by atoms with Gasteiger partial charge in [0.1, 0.15) is 6.10 Å². The van der Waals surface area contributed by atoms with Crippen LogP contribution in [0.4, 0.5) is 0 Å². The molecule has 0 amide bonds. The number of rotatable bonds is 2. The van der Waals surface area contributed by atoms with Crippen molar-refractivity contribution >= 4 is 0 Å². The first kappa shape index (κ1) is 11.8. The molecule has 90 valence electrons. The number of hydrogen-bond acceptors (Lipinski definition) is 3. The number of hydrogen-bond donors (Lipinski definition) is 1. The Morgan fingerprint density at radius 2 is 1.94 bits per heavy atom. The quantitative estimate of drug-likeness (QED) is 0.857. The first-order valence-electron chi connectivity index (χ1n) is 5.61. The normalized spacial score (nSPS) is 12.8. The highest BCUT2D eigenvalue weighted by molar-refractivity contribution is 5.34. The zero-order chi connectivity index (χ0) is 12.6. The van der Waals surface area contributed by atoms with Crippen molar-refractivity contribution < 1.29 is 5.11 Å². The van der Waals surface area contributed by atoms with Gasteiger partial charge in [-0.25, -0.2) is 0 Å². The molecule has 2 aromatic rings. The fraction of sp³-hybridized carbons (Fsp3) is 0.385. The van der Waals surface area contributed by atoms with Crippen LogP contribution in [0.15, 0.2) is 18.3 Å². The lowest BCUT2D eigenvalue weighted by Crippen LogP contribution is -2.03. The summed E-state index contributed by atoms with van der Waals surface area (Å²) in [5, 5.41) is 14.7. The smallest absolute Gasteiger partial charge is 0.109 e. The lowest BCUT2D eigenvalue weighted by Gasteiger charge is -2.11. The standard InChI is InChI=1S/C13H17N3O/c1-8-5-6-11(7-14-8)13(17)12-9(2)15-16(4)10(12)3/h5-7,13,17H,1-4H3. The van der Waals surface area contributed by atoms with Crippen LogP contribution in [-0.4, -0.2) is 19.9 Å². The van der Waals surface area contributed by atoms with Crippen LogP contribution in [0.5, 0.6) is 0 Å². The fourth-order valence-corrected chi connectivity index (χ4v) is 1.99. The second kappa shape index (κ2) is 4.30. The molecular formula is C13H17N3O. The van der Waals surface area contributed by atoms with E-state index in [0.717, 1.165) is 28.2 Å². The summed E-state index contributed by atoms with van der Waals surface area (Å²) in [4.78, 5) is 4.20. The minimum Gasteiger partial charge on any atom is -0.383 e. The van der Waals surface area contributed by atoms with Crippen LogP contribution in [0.2, 0.25) is 0 Å². The van der Waals surface area contributed by atoms with Crippen molar-refractivity contribution in [3.63, 3.8) is 0 Å². The molecule has 0 radical (unpaired) electrons. The third-order valence-electron chi connectivity index (χ3n) is 3.09. The summed E-state index contributed by atoms with van der Waals surface area (Å²) in [5.74, 6) is 0. The minimum atomic E-state index is -0.656. The molecule has 0 saturated carbocycles. The van der Waals surface area contributed by atoms with Crippen molar-refractivity contribution in [2.45, 2.75) is 26.9 Å². The molecule has 4 nitrogen and oxygen atoms in total. The van der Waals surface area contributed by atoms with Gasteiger partial charge >= 0.3 is 0 Å². The lowest BCUT2D eigenvalue weighted by molar-refractivity contribution is 0.218. The number of aromatic nitrogens is 3. The Morgan fingerprint density at radius 1 is 1.24 bits per heavy atom. The third-order valence-corrected chi connectivity index (χ3v) is 3.09. The van der Waals surface area contributed by atoms with Crippen molar-refractivity contribution in [1.29, 1.82) is 0 Å². The molecule has 4 heteroatoms. The summed E-state index contributed by atoms with van der Waals surface area (Å²) in [6.07, 6.45) is 1.06. The van der Waals surface area contributed by atoms with E-state index >= 15 is 0 Å². The van der Waals surface area contributed by atoms with E-state index in [1.165, 1.54) is 0 Å². The number of nitrogens with zero attached hydrogens (tertiary/aromatic N) is 3. The summed E-state index contributed by atoms with van der Waals surface area (Å²) in [6.45, 7) is 5.80. The first-order chi connectivity index (χ1) is 8.00. The highest BCUT2D eigenvalue weighted by Crippen LogP contribution is 2.26. The van der Waals surface area contributed by atoms with Crippen LogP contribution in [0.25, 0.3) is 0 Å². The molecule has 0 aromatic carbocycles. The van der Waals surface area contributed by atoms with Gasteiger partial charge in [0.25, 0.3) is 0 Å². The van der Waals surface area contributed by atoms with Gasteiger partial charge in [0.05, 0.1) is 5.69 Å². The van der Waals surface area contributed by atoms with Gasteiger partial charge in [-0.05, 0) is 26.8 Å². The molecule has 0 aliphatic rings. The Hall–Kier alpha value is -1.68. The average molecular weight is 231 g/mol. The highest BCUT2D eigenvalue weighted by atomic mass is 16.3. The predicted molar refractivity (Wildman–Crippen MR) is 65.7 cm³/mol. The number of aliphatic hydroxyl groups is 1. The van der Waals surface area contributed by atoms with Gasteiger partial charge in [0, 0.05) is 35.8 Å². The van der Waals surface area contributed by atoms with Gasteiger partial charge in [0.2, 0.25) is 0 Å². The lowest BCUT2D eigenvalue weighted by atomic mass is 10.0. The Balaban J connectivity index is 2.43. The van der Waals surface area contributed by atoms with Crippen LogP contribution in [0.1, 0.15) is 34.3 Å². The molecule has 2 heterocycles. The van der Waals surface area contributed by atoms with Crippen molar-refractivity contribution in [2.75, 3.05) is 0 Å². The highest BCUT2D eigenvalue weighted by Gasteiger charge is 2.19. The van der Waals surface area contributed by atoms with Gasteiger partial charge in [-0.1, -0.05) is 6.07 Å². The van der Waals surface area contributed by atoms with E-state index in [0.29, 0.717) is 0 Å². The molecule has 0 spiro atoms. The number of pyridine rings is 1. The van der Waals surface area contributed by atoms with Gasteiger partial charge in [-0.2, -0.15) is 5.10 Å². The zero-order valence-electron chi connectivity index (χ0n) is 10.6. The molecular weight excluding hydrogens is 214 g/mol. The van der Waals surface area contributed by atoms with Crippen LogP contribution in [-0.2, 0) is 7.05 Å². The molecule has 0 fully saturated rings. The molecule has 0 bridgehead atoms. The number of aryl methyl sites for hydroxylation is 3. The van der Waals surface area contributed by atoms with Gasteiger partial charge < -0.3 is 5.11 Å². The second-order valence-corrected chi connectivity index (χ2v) is 4.34. The van der Waals surface area contributed by atoms with E-state index in [2.05, 4.69) is 10.1 Å². The van der Waals surface area contributed by atoms with Crippen LogP contribution >= 0.6 is 0 Å². The SMILES string of the molecule is Cc1ccc(C(O)c2c(C)nn(C)c2C)cn1. The van der Waals surface area contributed by atoms with Crippen molar-refractivity contribution in [3.8, 4) is 0 Å². The van der Waals surface area contributed by atoms with Gasteiger partial charge in [0.15, 0.2) is 0 Å². The molecule has 1 atom stereocenters. The molecule has 17 heavy (non-hydrogen) atoms. The van der Waals surface area contributed by atoms with E-state index in [1.807, 2.05) is 40.0 Å². The van der Waals surface area contributed by atoms with E-state index in [1.54, 1.807) is 10.9 Å². The topological polar surface area (TPSA) is 50.9 Å². The van der Waals surface area contributed by atoms with Crippen LogP contribution in [0, 0.1) is 20.8 Å². The Morgan fingerprint density at radius 3 is 2.41 bits per heavy atom. The van der Waals surface area contributed by atoms with E-state index in [9.17, 15) is 5.11 Å². The first-order valence-corrected chi connectivity index (χ1v) is 5.61. The Kier molecular flexibility index (Phi) is 2.98. The summed E-state index contributed by atoms with van der Waals surface area (Å²) >= 11 is 0. The molecule has 1 unspecified atom stereocenters. The average Bonchev–Trinajstić information content (AvgIpc) is 2.53. The molecule has 0 aliphatic heterocycles. The molecule has 2 rings (SSSR count). The van der Waals surface area contributed by atoms with E-state index < -0.39 is 6.10 Å². The number of aliphatic hydroxyl groups excluding tert-OH is 1. The Labute approximate surface area is 101 Å². The van der Waals surface area contributed by atoms with Gasteiger partial charge in [-0.15, -0.1) is 0 Å². The summed E-state index contributed by atoms with van der Waals surface area (Å²) in [7, 11) is 1.88. The summed E-state index contributed by atoms with van der Waals surface area (Å²) in [5.41, 5.74) is 4.46. The molecule has 2 aromatic heterocycles. The van der Waals surface area contributed by atoms with Crippen molar-refractivity contribution in [3.05, 3.63) is 46.5 Å². The maximum Gasteiger partial charge on any atom is 0.109 e. The van der Waals surface area contributed by atoms with E-state index in [-0.39, 0.29) is 0 Å². The minimum absolute atomic E-state index is 0.656. The third kappa shape index (κ3) is 2.08.